The van der Waals surface area contributed by atoms with Crippen molar-refractivity contribution < 1.29 is 13.9 Å². The number of nitrogens with zero attached hydrogens (tertiary/aromatic N) is 5. The van der Waals surface area contributed by atoms with E-state index in [-0.39, 0.29) is 5.56 Å². The topological polar surface area (TPSA) is 88.2 Å². The quantitative estimate of drug-likeness (QED) is 0.274. The van der Waals surface area contributed by atoms with Crippen LogP contribution in [-0.2, 0) is 7.05 Å². The SMILES string of the molecule is COc1ccc(OC)c(-c2csc(=Nc3c(C)n(C)n(-c4ccccc4)c3=O)n2N=C(C)c2ccco2)c1. The van der Waals surface area contributed by atoms with Crippen LogP contribution < -0.4 is 19.8 Å². The predicted molar refractivity (Wildman–Crippen MR) is 148 cm³/mol. The summed E-state index contributed by atoms with van der Waals surface area (Å²) in [7, 11) is 5.07. The zero-order chi connectivity index (χ0) is 26.8. The summed E-state index contributed by atoms with van der Waals surface area (Å²) in [5.41, 5.74) is 3.75. The fraction of sp³-hybridized carbons (Fsp3) is 0.179. The molecule has 0 bridgehead atoms. The van der Waals surface area contributed by atoms with Crippen LogP contribution in [0.1, 0.15) is 18.4 Å². The Morgan fingerprint density at radius 1 is 1.03 bits per heavy atom. The van der Waals surface area contributed by atoms with E-state index in [9.17, 15) is 4.79 Å². The summed E-state index contributed by atoms with van der Waals surface area (Å²) >= 11 is 1.37. The first kappa shape index (κ1) is 25.1. The maximum absolute atomic E-state index is 13.6. The van der Waals surface area contributed by atoms with E-state index in [1.807, 2.05) is 86.9 Å². The number of methoxy groups -OCH3 is 2. The van der Waals surface area contributed by atoms with Gasteiger partial charge in [0.25, 0.3) is 5.56 Å². The lowest BCUT2D eigenvalue weighted by atomic mass is 10.1. The van der Waals surface area contributed by atoms with Crippen LogP contribution in [0.5, 0.6) is 11.5 Å². The molecule has 0 amide bonds. The van der Waals surface area contributed by atoms with Gasteiger partial charge >= 0.3 is 0 Å². The number of ether oxygens (including phenoxy) is 2. The van der Waals surface area contributed by atoms with Crippen molar-refractivity contribution in [3.05, 3.63) is 98.9 Å². The summed E-state index contributed by atoms with van der Waals surface area (Å²) in [6, 6.07) is 18.7. The fourth-order valence-corrected chi connectivity index (χ4v) is 4.96. The maximum Gasteiger partial charge on any atom is 0.297 e. The van der Waals surface area contributed by atoms with Gasteiger partial charge in [-0.25, -0.2) is 14.4 Å². The molecular formula is C28H27N5O4S. The van der Waals surface area contributed by atoms with E-state index in [1.165, 1.54) is 11.3 Å². The van der Waals surface area contributed by atoms with Crippen LogP contribution in [0.4, 0.5) is 5.69 Å². The first-order valence-electron chi connectivity index (χ1n) is 11.8. The molecule has 0 unspecified atom stereocenters. The third-order valence-electron chi connectivity index (χ3n) is 6.23. The molecule has 0 saturated carbocycles. The van der Waals surface area contributed by atoms with Gasteiger partial charge in [-0.2, -0.15) is 5.10 Å². The molecule has 0 aliphatic carbocycles. The van der Waals surface area contributed by atoms with Gasteiger partial charge in [0.2, 0.25) is 4.80 Å². The number of furan rings is 1. The molecule has 3 heterocycles. The van der Waals surface area contributed by atoms with E-state index in [4.69, 9.17) is 24.0 Å². The monoisotopic (exact) mass is 529 g/mol. The number of hydrogen-bond acceptors (Lipinski definition) is 7. The fourth-order valence-electron chi connectivity index (χ4n) is 4.14. The van der Waals surface area contributed by atoms with E-state index < -0.39 is 0 Å². The predicted octanol–water partition coefficient (Wildman–Crippen LogP) is 5.13. The molecular weight excluding hydrogens is 502 g/mol. The van der Waals surface area contributed by atoms with Crippen molar-refractivity contribution in [3.63, 3.8) is 0 Å². The molecule has 0 atom stereocenters. The highest BCUT2D eigenvalue weighted by molar-refractivity contribution is 7.07. The van der Waals surface area contributed by atoms with Crippen LogP contribution in [0.25, 0.3) is 16.9 Å². The Balaban J connectivity index is 1.77. The molecule has 0 aliphatic rings. The van der Waals surface area contributed by atoms with E-state index in [2.05, 4.69) is 0 Å². The highest BCUT2D eigenvalue weighted by atomic mass is 32.1. The van der Waals surface area contributed by atoms with Gasteiger partial charge in [-0.05, 0) is 56.3 Å². The van der Waals surface area contributed by atoms with Crippen molar-refractivity contribution in [2.45, 2.75) is 13.8 Å². The van der Waals surface area contributed by atoms with Crippen molar-refractivity contribution >= 4 is 22.7 Å². The number of aromatic nitrogens is 3. The zero-order valence-electron chi connectivity index (χ0n) is 21.7. The van der Waals surface area contributed by atoms with Crippen LogP contribution in [0.3, 0.4) is 0 Å². The number of thiazole rings is 1. The smallest absolute Gasteiger partial charge is 0.297 e. The van der Waals surface area contributed by atoms with Crippen LogP contribution in [0, 0.1) is 6.92 Å². The van der Waals surface area contributed by atoms with Crippen molar-refractivity contribution in [2.75, 3.05) is 14.2 Å². The summed E-state index contributed by atoms with van der Waals surface area (Å²) in [4.78, 5) is 18.9. The Morgan fingerprint density at radius 2 is 1.82 bits per heavy atom. The lowest BCUT2D eigenvalue weighted by Crippen LogP contribution is -2.20. The molecule has 0 saturated heterocycles. The molecule has 2 aromatic carbocycles. The lowest BCUT2D eigenvalue weighted by molar-refractivity contribution is 0.404. The van der Waals surface area contributed by atoms with Crippen LogP contribution in [-0.4, -0.2) is 34.0 Å². The average Bonchev–Trinajstić information content (AvgIpc) is 3.66. The summed E-state index contributed by atoms with van der Waals surface area (Å²) in [6.07, 6.45) is 1.60. The average molecular weight is 530 g/mol. The molecule has 9 nitrogen and oxygen atoms in total. The molecule has 0 spiro atoms. The number of hydrogen-bond donors (Lipinski definition) is 0. The van der Waals surface area contributed by atoms with Gasteiger partial charge in [-0.3, -0.25) is 9.48 Å². The minimum Gasteiger partial charge on any atom is -0.497 e. The first-order chi connectivity index (χ1) is 18.4. The number of para-hydroxylation sites is 1. The Kier molecular flexibility index (Phi) is 6.89. The Morgan fingerprint density at radius 3 is 2.50 bits per heavy atom. The number of rotatable bonds is 7. The van der Waals surface area contributed by atoms with Crippen LogP contribution in [0.15, 0.2) is 91.6 Å². The van der Waals surface area contributed by atoms with E-state index in [0.717, 1.165) is 22.6 Å². The van der Waals surface area contributed by atoms with Crippen molar-refractivity contribution in [2.24, 2.45) is 17.1 Å². The second-order valence-electron chi connectivity index (χ2n) is 8.47. The van der Waals surface area contributed by atoms with Crippen molar-refractivity contribution in [1.29, 1.82) is 0 Å². The third-order valence-corrected chi connectivity index (χ3v) is 7.04. The molecule has 3 aromatic heterocycles. The van der Waals surface area contributed by atoms with Crippen molar-refractivity contribution in [3.8, 4) is 28.4 Å². The Labute approximate surface area is 223 Å². The van der Waals surface area contributed by atoms with Gasteiger partial charge < -0.3 is 13.9 Å². The molecule has 5 rings (SSSR count). The van der Waals surface area contributed by atoms with Gasteiger partial charge in [0.1, 0.15) is 23.0 Å². The van der Waals surface area contributed by atoms with Gasteiger partial charge in [0.15, 0.2) is 5.69 Å². The first-order valence-corrected chi connectivity index (χ1v) is 12.7. The normalized spacial score (nSPS) is 12.2. The van der Waals surface area contributed by atoms with Crippen LogP contribution >= 0.6 is 11.3 Å². The molecule has 38 heavy (non-hydrogen) atoms. The van der Waals surface area contributed by atoms with E-state index in [1.54, 1.807) is 34.5 Å². The highest BCUT2D eigenvalue weighted by Gasteiger charge is 2.19. The Bertz CT molecular complexity index is 1740. The minimum atomic E-state index is -0.219. The van der Waals surface area contributed by atoms with Gasteiger partial charge in [0.05, 0.1) is 37.6 Å². The summed E-state index contributed by atoms with van der Waals surface area (Å²) in [5, 5.41) is 6.79. The molecule has 0 fully saturated rings. The molecule has 5 aromatic rings. The minimum absolute atomic E-state index is 0.219. The van der Waals surface area contributed by atoms with Crippen LogP contribution in [0.2, 0.25) is 0 Å². The summed E-state index contributed by atoms with van der Waals surface area (Å²) in [5.74, 6) is 1.95. The van der Waals surface area contributed by atoms with Gasteiger partial charge in [-0.1, -0.05) is 18.2 Å². The molecule has 0 radical (unpaired) electrons. The summed E-state index contributed by atoms with van der Waals surface area (Å²) < 4.78 is 21.8. The number of benzene rings is 2. The molecule has 0 N–H and O–H groups in total. The van der Waals surface area contributed by atoms with E-state index >= 15 is 0 Å². The molecule has 0 aliphatic heterocycles. The summed E-state index contributed by atoms with van der Waals surface area (Å²) in [6.45, 7) is 3.73. The Hall–Kier alpha value is -4.57. The van der Waals surface area contributed by atoms with Crippen molar-refractivity contribution in [1.82, 2.24) is 14.0 Å². The van der Waals surface area contributed by atoms with Gasteiger partial charge in [0, 0.05) is 18.0 Å². The second-order valence-corrected chi connectivity index (χ2v) is 9.30. The molecule has 194 valence electrons. The van der Waals surface area contributed by atoms with E-state index in [0.29, 0.717) is 33.5 Å². The largest absolute Gasteiger partial charge is 0.497 e. The molecule has 10 heteroatoms. The third kappa shape index (κ3) is 4.50. The standard InChI is InChI=1S/C28H27N5O4S/c1-18(24-12-9-15-37-24)30-32-23(22-16-21(35-4)13-14-25(22)36-5)17-38-28(32)29-26-19(2)31(3)33(27(26)34)20-10-7-6-8-11-20/h6-17H,1-5H3. The lowest BCUT2D eigenvalue weighted by Gasteiger charge is -2.11. The zero-order valence-corrected chi connectivity index (χ0v) is 22.5. The highest BCUT2D eigenvalue weighted by Crippen LogP contribution is 2.34. The maximum atomic E-state index is 13.6. The second kappa shape index (κ2) is 10.4. The van der Waals surface area contributed by atoms with Gasteiger partial charge in [-0.15, -0.1) is 11.3 Å².